The maximum atomic E-state index is 13.7. The van der Waals surface area contributed by atoms with E-state index in [1.54, 1.807) is 13.2 Å². The Morgan fingerprint density at radius 3 is 2.70 bits per heavy atom. The first-order valence-electron chi connectivity index (χ1n) is 12.9. The number of ether oxygens (including phenoxy) is 4. The van der Waals surface area contributed by atoms with E-state index in [0.717, 1.165) is 27.6 Å². The minimum Gasteiger partial charge on any atom is -0.493 e. The van der Waals surface area contributed by atoms with Gasteiger partial charge in [-0.25, -0.2) is 0 Å². The summed E-state index contributed by atoms with van der Waals surface area (Å²) < 4.78 is 21.6. The second-order valence-corrected chi connectivity index (χ2v) is 10.3. The van der Waals surface area contributed by atoms with E-state index in [1.165, 1.54) is 7.11 Å². The number of aromatic nitrogens is 1. The molecule has 1 fully saturated rings. The van der Waals surface area contributed by atoms with Crippen molar-refractivity contribution in [3.05, 3.63) is 76.9 Å². The van der Waals surface area contributed by atoms with Gasteiger partial charge in [0.25, 0.3) is 5.91 Å². The van der Waals surface area contributed by atoms with Crippen LogP contribution < -0.4 is 19.5 Å². The van der Waals surface area contributed by atoms with E-state index in [2.05, 4.69) is 10.3 Å². The second-order valence-electron chi connectivity index (χ2n) is 9.84. The minimum absolute atomic E-state index is 0.128. The van der Waals surface area contributed by atoms with Crippen molar-refractivity contribution in [3.8, 4) is 28.4 Å². The fraction of sp³-hybridized carbons (Fsp3) is 0.267. The van der Waals surface area contributed by atoms with Gasteiger partial charge < -0.3 is 29.2 Å². The molecule has 6 rings (SSSR count). The van der Waals surface area contributed by atoms with E-state index >= 15 is 0 Å². The molecule has 0 unspecified atom stereocenters. The van der Waals surface area contributed by atoms with E-state index in [1.807, 2.05) is 59.5 Å². The van der Waals surface area contributed by atoms with Crippen LogP contribution in [-0.4, -0.2) is 61.4 Å². The summed E-state index contributed by atoms with van der Waals surface area (Å²) in [6.45, 7) is 1.01. The Bertz CT molecular complexity index is 1590. The number of fused-ring (bicyclic) bond motifs is 2. The predicted octanol–water partition coefficient (Wildman–Crippen LogP) is 4.77. The van der Waals surface area contributed by atoms with Gasteiger partial charge in [0.05, 0.1) is 14.2 Å². The van der Waals surface area contributed by atoms with Crippen LogP contribution in [0, 0.1) is 0 Å². The van der Waals surface area contributed by atoms with Gasteiger partial charge in [0.2, 0.25) is 12.5 Å². The molecule has 2 aliphatic rings. The van der Waals surface area contributed by atoms with Crippen molar-refractivity contribution in [2.24, 2.45) is 0 Å². The highest BCUT2D eigenvalue weighted by Gasteiger charge is 2.39. The average molecular weight is 562 g/mol. The first-order chi connectivity index (χ1) is 19.4. The third-order valence-corrected chi connectivity index (χ3v) is 7.60. The number of nitrogens with one attached hydrogen (secondary N) is 2. The second kappa shape index (κ2) is 10.7. The van der Waals surface area contributed by atoms with Crippen molar-refractivity contribution in [1.29, 1.82) is 0 Å². The van der Waals surface area contributed by atoms with Crippen molar-refractivity contribution >= 4 is 34.4 Å². The Morgan fingerprint density at radius 1 is 1.10 bits per heavy atom. The molecule has 0 bridgehead atoms. The molecule has 2 N–H and O–H groups in total. The van der Waals surface area contributed by atoms with Gasteiger partial charge in [0, 0.05) is 40.6 Å². The first-order valence-corrected chi connectivity index (χ1v) is 13.3. The number of benzene rings is 3. The molecule has 9 nitrogen and oxygen atoms in total. The van der Waals surface area contributed by atoms with Crippen molar-refractivity contribution in [3.63, 3.8) is 0 Å². The zero-order valence-corrected chi connectivity index (χ0v) is 22.8. The van der Waals surface area contributed by atoms with Gasteiger partial charge >= 0.3 is 5.97 Å². The Balaban J connectivity index is 1.27. The minimum atomic E-state index is -0.526. The van der Waals surface area contributed by atoms with Gasteiger partial charge in [-0.15, -0.1) is 0 Å². The van der Waals surface area contributed by atoms with Crippen LogP contribution >= 0.6 is 11.6 Å². The SMILES string of the molecule is COC(=O)[C@@H]1C[C@@H](NC(=O)c2[nH]c3ccc(Cl)cc3c2-c2ccccc2)CN1Cc1cc(OC)c2c(c1)OCO2. The predicted molar refractivity (Wildman–Crippen MR) is 150 cm³/mol. The molecule has 2 atom stereocenters. The highest BCUT2D eigenvalue weighted by Crippen LogP contribution is 2.42. The van der Waals surface area contributed by atoms with Gasteiger partial charge in [0.15, 0.2) is 11.5 Å². The van der Waals surface area contributed by atoms with Crippen LogP contribution in [0.2, 0.25) is 5.02 Å². The highest BCUT2D eigenvalue weighted by atomic mass is 35.5. The van der Waals surface area contributed by atoms with Crippen molar-refractivity contribution in [1.82, 2.24) is 15.2 Å². The third-order valence-electron chi connectivity index (χ3n) is 7.37. The van der Waals surface area contributed by atoms with Crippen LogP contribution in [0.25, 0.3) is 22.0 Å². The molecule has 40 heavy (non-hydrogen) atoms. The van der Waals surface area contributed by atoms with Crippen LogP contribution in [-0.2, 0) is 16.1 Å². The molecule has 1 amide bonds. The lowest BCUT2D eigenvalue weighted by atomic mass is 10.0. The zero-order valence-electron chi connectivity index (χ0n) is 22.0. The summed E-state index contributed by atoms with van der Waals surface area (Å²) in [5.74, 6) is 1.12. The van der Waals surface area contributed by atoms with Crippen LogP contribution in [0.15, 0.2) is 60.7 Å². The van der Waals surface area contributed by atoms with Crippen LogP contribution in [0.3, 0.4) is 0 Å². The Kier molecular flexibility index (Phi) is 7.00. The number of hydrogen-bond donors (Lipinski definition) is 2. The van der Waals surface area contributed by atoms with Crippen molar-refractivity contribution < 1.29 is 28.5 Å². The summed E-state index contributed by atoms with van der Waals surface area (Å²) in [5, 5.41) is 4.60. The molecule has 0 spiro atoms. The van der Waals surface area contributed by atoms with Gasteiger partial charge in [-0.2, -0.15) is 0 Å². The maximum absolute atomic E-state index is 13.7. The summed E-state index contributed by atoms with van der Waals surface area (Å²) >= 11 is 6.31. The lowest BCUT2D eigenvalue weighted by Crippen LogP contribution is -2.38. The quantitative estimate of drug-likeness (QED) is 0.313. The molecule has 0 aliphatic carbocycles. The number of carbonyl (C=O) groups is 2. The van der Waals surface area contributed by atoms with Gasteiger partial charge in [0.1, 0.15) is 11.7 Å². The number of rotatable bonds is 7. The summed E-state index contributed by atoms with van der Waals surface area (Å²) in [7, 11) is 2.94. The van der Waals surface area contributed by atoms with Crippen molar-refractivity contribution in [2.75, 3.05) is 27.6 Å². The standard InChI is InChI=1S/C30H28ClN3O6/c1-37-24-10-17(11-25-28(24)40-16-39-25)14-34-15-20(13-23(34)30(36)38-2)32-29(35)27-26(18-6-4-3-5-7-18)21-12-19(31)8-9-22(21)33-27/h3-12,20,23,33H,13-16H2,1-2H3,(H,32,35)/t20-,23+/m1/s1. The van der Waals surface area contributed by atoms with E-state index in [9.17, 15) is 9.59 Å². The number of amides is 1. The summed E-state index contributed by atoms with van der Waals surface area (Å²) in [5.41, 5.74) is 3.82. The molecular formula is C30H28ClN3O6. The Morgan fingerprint density at radius 2 is 1.93 bits per heavy atom. The smallest absolute Gasteiger partial charge is 0.323 e. The van der Waals surface area contributed by atoms with E-state index < -0.39 is 6.04 Å². The van der Waals surface area contributed by atoms with Crippen LogP contribution in [0.4, 0.5) is 0 Å². The largest absolute Gasteiger partial charge is 0.493 e. The van der Waals surface area contributed by atoms with E-state index in [-0.39, 0.29) is 24.7 Å². The number of aromatic amines is 1. The van der Waals surface area contributed by atoms with E-state index in [0.29, 0.717) is 47.5 Å². The normalized spacial score (nSPS) is 18.2. The number of hydrogen-bond acceptors (Lipinski definition) is 7. The fourth-order valence-electron chi connectivity index (χ4n) is 5.57. The third kappa shape index (κ3) is 4.82. The highest BCUT2D eigenvalue weighted by molar-refractivity contribution is 6.31. The van der Waals surface area contributed by atoms with Crippen LogP contribution in [0.5, 0.6) is 17.2 Å². The van der Waals surface area contributed by atoms with Gasteiger partial charge in [-0.1, -0.05) is 41.9 Å². The molecule has 3 heterocycles. The monoisotopic (exact) mass is 561 g/mol. The number of nitrogens with zero attached hydrogens (tertiary/aromatic N) is 1. The first kappa shape index (κ1) is 26.0. The number of methoxy groups -OCH3 is 2. The zero-order chi connectivity index (χ0) is 27.8. The number of likely N-dealkylation sites (tertiary alicyclic amines) is 1. The molecule has 10 heteroatoms. The molecule has 0 radical (unpaired) electrons. The Hall–Kier alpha value is -4.21. The van der Waals surface area contributed by atoms with Gasteiger partial charge in [-0.3, -0.25) is 14.5 Å². The molecule has 206 valence electrons. The molecular weight excluding hydrogens is 534 g/mol. The maximum Gasteiger partial charge on any atom is 0.323 e. The molecule has 2 aliphatic heterocycles. The summed E-state index contributed by atoms with van der Waals surface area (Å²) in [4.78, 5) is 31.7. The number of esters is 1. The summed E-state index contributed by atoms with van der Waals surface area (Å²) in [6, 6.07) is 18.2. The van der Waals surface area contributed by atoms with Gasteiger partial charge in [-0.05, 0) is 47.9 Å². The lowest BCUT2D eigenvalue weighted by Gasteiger charge is -2.22. The average Bonchev–Trinajstić information content (AvgIpc) is 3.69. The summed E-state index contributed by atoms with van der Waals surface area (Å²) in [6.07, 6.45) is 0.410. The topological polar surface area (TPSA) is 102 Å². The van der Waals surface area contributed by atoms with Crippen molar-refractivity contribution in [2.45, 2.75) is 25.0 Å². The fourth-order valence-corrected chi connectivity index (χ4v) is 5.74. The molecule has 3 aromatic carbocycles. The molecule has 4 aromatic rings. The number of halogens is 1. The molecule has 0 saturated carbocycles. The van der Waals surface area contributed by atoms with Crippen LogP contribution in [0.1, 0.15) is 22.5 Å². The number of H-pyrrole nitrogens is 1. The number of carbonyl (C=O) groups excluding carboxylic acids is 2. The molecule has 1 saturated heterocycles. The van der Waals surface area contributed by atoms with E-state index in [4.69, 9.17) is 30.5 Å². The molecule has 1 aromatic heterocycles. The lowest BCUT2D eigenvalue weighted by molar-refractivity contribution is -0.146. The Labute approximate surface area is 235 Å².